The fourth-order valence-electron chi connectivity index (χ4n) is 4.14. The molecule has 0 saturated heterocycles. The molecule has 0 bridgehead atoms. The summed E-state index contributed by atoms with van der Waals surface area (Å²) < 4.78 is 5.20. The number of rotatable bonds is 8. The number of hydrogen-bond acceptors (Lipinski definition) is 4. The second-order valence-corrected chi connectivity index (χ2v) is 10.4. The first-order valence-corrected chi connectivity index (χ1v) is 13.5. The summed E-state index contributed by atoms with van der Waals surface area (Å²) in [6.45, 7) is 0. The maximum absolute atomic E-state index is 13.4. The van der Waals surface area contributed by atoms with E-state index in [-0.39, 0.29) is 11.8 Å². The monoisotopic (exact) mass is 552 g/mol. The average Bonchev–Trinajstić information content (AvgIpc) is 2.97. The van der Waals surface area contributed by atoms with Gasteiger partial charge >= 0.3 is 0 Å². The molecule has 1 atom stereocenters. The van der Waals surface area contributed by atoms with Gasteiger partial charge in [-0.3, -0.25) is 9.59 Å². The third-order valence-corrected chi connectivity index (χ3v) is 7.70. The number of carbonyl (C=O) groups is 2. The van der Waals surface area contributed by atoms with Crippen molar-refractivity contribution in [2.75, 3.05) is 17.7 Å². The van der Waals surface area contributed by atoms with E-state index in [0.29, 0.717) is 27.7 Å². The maximum atomic E-state index is 13.4. The fourth-order valence-corrected chi connectivity index (χ4v) is 5.42. The topological polar surface area (TPSA) is 67.4 Å². The molecule has 7 heteroatoms. The molecule has 39 heavy (non-hydrogen) atoms. The highest BCUT2D eigenvalue weighted by molar-refractivity contribution is 8.00. The summed E-state index contributed by atoms with van der Waals surface area (Å²) in [5.74, 6) is 0.179. The van der Waals surface area contributed by atoms with Crippen molar-refractivity contribution in [3.8, 4) is 5.75 Å². The standard InChI is InChI=1S/C32H25ClN2O3S/c1-38-29-18-15-26(20-28(29)33)35-32(37)30(22-8-3-2-4-9-22)39-27-16-13-25(14-17-27)34-31(36)24-12-11-21-7-5-6-10-23(21)19-24/h2-20,30H,1H3,(H,34,36)(H,35,37). The Balaban J connectivity index is 1.30. The lowest BCUT2D eigenvalue weighted by Crippen LogP contribution is -2.19. The van der Waals surface area contributed by atoms with E-state index in [1.165, 1.54) is 11.8 Å². The molecule has 1 unspecified atom stereocenters. The van der Waals surface area contributed by atoms with Crippen LogP contribution < -0.4 is 15.4 Å². The molecule has 0 spiro atoms. The molecular formula is C32H25ClN2O3S. The Hall–Kier alpha value is -4.26. The SMILES string of the molecule is COc1ccc(NC(=O)C(Sc2ccc(NC(=O)c3ccc4ccccc4c3)cc2)c2ccccc2)cc1Cl. The third-order valence-electron chi connectivity index (χ3n) is 6.14. The van der Waals surface area contributed by atoms with Crippen molar-refractivity contribution >= 4 is 57.3 Å². The highest BCUT2D eigenvalue weighted by Crippen LogP contribution is 2.37. The Kier molecular flexibility index (Phi) is 8.16. The van der Waals surface area contributed by atoms with Crippen LogP contribution in [0, 0.1) is 0 Å². The zero-order chi connectivity index (χ0) is 27.2. The van der Waals surface area contributed by atoms with Gasteiger partial charge in [-0.1, -0.05) is 72.3 Å². The Morgan fingerprint density at radius 1 is 0.744 bits per heavy atom. The Morgan fingerprint density at radius 3 is 2.15 bits per heavy atom. The molecule has 0 aliphatic carbocycles. The normalized spacial score (nSPS) is 11.5. The van der Waals surface area contributed by atoms with Gasteiger partial charge in [0.15, 0.2) is 0 Å². The predicted molar refractivity (Wildman–Crippen MR) is 160 cm³/mol. The molecule has 0 aliphatic heterocycles. The van der Waals surface area contributed by atoms with E-state index in [9.17, 15) is 9.59 Å². The van der Waals surface area contributed by atoms with Crippen molar-refractivity contribution in [3.63, 3.8) is 0 Å². The number of methoxy groups -OCH3 is 1. The van der Waals surface area contributed by atoms with Crippen molar-refractivity contribution in [1.82, 2.24) is 0 Å². The van der Waals surface area contributed by atoms with Crippen LogP contribution >= 0.6 is 23.4 Å². The van der Waals surface area contributed by atoms with Gasteiger partial charge in [-0.05, 0) is 70.9 Å². The number of amides is 2. The van der Waals surface area contributed by atoms with Gasteiger partial charge < -0.3 is 15.4 Å². The van der Waals surface area contributed by atoms with Crippen LogP contribution in [0.3, 0.4) is 0 Å². The van der Waals surface area contributed by atoms with E-state index in [1.54, 1.807) is 25.3 Å². The van der Waals surface area contributed by atoms with E-state index in [4.69, 9.17) is 16.3 Å². The number of halogens is 1. The number of fused-ring (bicyclic) bond motifs is 1. The Labute approximate surface area is 236 Å². The first kappa shape index (κ1) is 26.4. The zero-order valence-corrected chi connectivity index (χ0v) is 22.6. The van der Waals surface area contributed by atoms with Gasteiger partial charge in [0.25, 0.3) is 5.91 Å². The van der Waals surface area contributed by atoms with E-state index >= 15 is 0 Å². The van der Waals surface area contributed by atoms with Crippen LogP contribution in [-0.4, -0.2) is 18.9 Å². The van der Waals surface area contributed by atoms with Crippen molar-refractivity contribution in [3.05, 3.63) is 131 Å². The summed E-state index contributed by atoms with van der Waals surface area (Å²) in [7, 11) is 1.54. The van der Waals surface area contributed by atoms with Crippen molar-refractivity contribution in [2.24, 2.45) is 0 Å². The van der Waals surface area contributed by atoms with E-state index in [0.717, 1.165) is 21.2 Å². The van der Waals surface area contributed by atoms with E-state index < -0.39 is 5.25 Å². The minimum Gasteiger partial charge on any atom is -0.495 e. The van der Waals surface area contributed by atoms with Crippen molar-refractivity contribution in [2.45, 2.75) is 10.1 Å². The molecular weight excluding hydrogens is 528 g/mol. The van der Waals surface area contributed by atoms with E-state index in [2.05, 4.69) is 10.6 Å². The molecule has 2 amide bonds. The summed E-state index contributed by atoms with van der Waals surface area (Å²) in [4.78, 5) is 27.1. The fraction of sp³-hybridized carbons (Fsp3) is 0.0625. The molecule has 0 radical (unpaired) electrons. The van der Waals surface area contributed by atoms with Gasteiger partial charge in [0, 0.05) is 21.8 Å². The third kappa shape index (κ3) is 6.42. The molecule has 5 aromatic carbocycles. The molecule has 5 nitrogen and oxygen atoms in total. The number of anilines is 2. The number of benzene rings is 5. The van der Waals surface area contributed by atoms with E-state index in [1.807, 2.05) is 97.1 Å². The van der Waals surface area contributed by atoms with Gasteiger partial charge in [0.1, 0.15) is 11.0 Å². The molecule has 5 aromatic rings. The Morgan fingerprint density at radius 2 is 1.44 bits per heavy atom. The van der Waals surface area contributed by atoms with Crippen LogP contribution in [0.15, 0.2) is 120 Å². The summed E-state index contributed by atoms with van der Waals surface area (Å²) in [5.41, 5.74) is 2.71. The highest BCUT2D eigenvalue weighted by atomic mass is 35.5. The highest BCUT2D eigenvalue weighted by Gasteiger charge is 2.22. The predicted octanol–water partition coefficient (Wildman–Crippen LogP) is 8.23. The van der Waals surface area contributed by atoms with Crippen LogP contribution in [0.4, 0.5) is 11.4 Å². The minimum atomic E-state index is -0.509. The van der Waals surface area contributed by atoms with Crippen LogP contribution in [0.2, 0.25) is 5.02 Å². The second-order valence-electron chi connectivity index (χ2n) is 8.79. The lowest BCUT2D eigenvalue weighted by molar-refractivity contribution is -0.115. The summed E-state index contributed by atoms with van der Waals surface area (Å²) in [5, 5.41) is 7.93. The first-order valence-electron chi connectivity index (χ1n) is 12.3. The number of ether oxygens (including phenoxy) is 1. The quantitative estimate of drug-likeness (QED) is 0.190. The average molecular weight is 553 g/mol. The number of thioether (sulfide) groups is 1. The van der Waals surface area contributed by atoms with Gasteiger partial charge in [-0.25, -0.2) is 0 Å². The van der Waals surface area contributed by atoms with Crippen molar-refractivity contribution in [1.29, 1.82) is 0 Å². The largest absolute Gasteiger partial charge is 0.495 e. The molecule has 5 rings (SSSR count). The summed E-state index contributed by atoms with van der Waals surface area (Å²) in [6.07, 6.45) is 0. The smallest absolute Gasteiger partial charge is 0.255 e. The van der Waals surface area contributed by atoms with Crippen LogP contribution in [0.1, 0.15) is 21.2 Å². The molecule has 194 valence electrons. The lowest BCUT2D eigenvalue weighted by atomic mass is 10.1. The van der Waals surface area contributed by atoms with Gasteiger partial charge in [0.2, 0.25) is 5.91 Å². The molecule has 0 aliphatic rings. The minimum absolute atomic E-state index is 0.180. The van der Waals surface area contributed by atoms with Crippen LogP contribution in [-0.2, 0) is 4.79 Å². The van der Waals surface area contributed by atoms with Gasteiger partial charge in [-0.2, -0.15) is 0 Å². The lowest BCUT2D eigenvalue weighted by Gasteiger charge is -2.18. The second kappa shape index (κ2) is 12.1. The van der Waals surface area contributed by atoms with Crippen LogP contribution in [0.25, 0.3) is 10.8 Å². The molecule has 0 fully saturated rings. The van der Waals surface area contributed by atoms with Gasteiger partial charge in [0.05, 0.1) is 12.1 Å². The van der Waals surface area contributed by atoms with Crippen molar-refractivity contribution < 1.29 is 14.3 Å². The molecule has 2 N–H and O–H groups in total. The number of hydrogen-bond donors (Lipinski definition) is 2. The molecule has 0 saturated carbocycles. The first-order chi connectivity index (χ1) is 19.0. The summed E-state index contributed by atoms with van der Waals surface area (Å²) in [6, 6.07) is 35.8. The molecule has 0 aromatic heterocycles. The number of nitrogens with one attached hydrogen (secondary N) is 2. The van der Waals surface area contributed by atoms with Gasteiger partial charge in [-0.15, -0.1) is 11.8 Å². The maximum Gasteiger partial charge on any atom is 0.255 e. The molecule has 0 heterocycles. The Bertz CT molecular complexity index is 1620. The number of carbonyl (C=O) groups excluding carboxylic acids is 2. The van der Waals surface area contributed by atoms with Crippen LogP contribution in [0.5, 0.6) is 5.75 Å². The summed E-state index contributed by atoms with van der Waals surface area (Å²) >= 11 is 7.67. The zero-order valence-electron chi connectivity index (χ0n) is 21.1.